The molecular formula is C13H15BrN2O2. The van der Waals surface area contributed by atoms with Gasteiger partial charge in [-0.25, -0.2) is 0 Å². The topological polar surface area (TPSA) is 48.0 Å². The first-order valence-corrected chi connectivity index (χ1v) is 6.62. The molecule has 18 heavy (non-hydrogen) atoms. The van der Waals surface area contributed by atoms with Crippen molar-refractivity contribution in [1.82, 2.24) is 9.78 Å². The SMILES string of the molecule is CCc1ccc(C(=O)Cc2c(Br)c(C)nn2C)o1. The third kappa shape index (κ3) is 2.41. The van der Waals surface area contributed by atoms with E-state index in [4.69, 9.17) is 4.42 Å². The number of carbonyl (C=O) groups excluding carboxylic acids is 1. The lowest BCUT2D eigenvalue weighted by Crippen LogP contribution is -2.07. The number of furan rings is 1. The fourth-order valence-electron chi connectivity index (χ4n) is 1.83. The summed E-state index contributed by atoms with van der Waals surface area (Å²) < 4.78 is 8.07. The van der Waals surface area contributed by atoms with E-state index in [1.165, 1.54) is 0 Å². The zero-order chi connectivity index (χ0) is 13.3. The van der Waals surface area contributed by atoms with Crippen molar-refractivity contribution < 1.29 is 9.21 Å². The Labute approximate surface area is 114 Å². The number of ketones is 1. The highest BCUT2D eigenvalue weighted by molar-refractivity contribution is 9.10. The molecule has 0 saturated carbocycles. The molecule has 0 bridgehead atoms. The molecular weight excluding hydrogens is 296 g/mol. The van der Waals surface area contributed by atoms with E-state index in [0.717, 1.165) is 28.0 Å². The molecule has 0 amide bonds. The van der Waals surface area contributed by atoms with Gasteiger partial charge in [0.05, 0.1) is 22.3 Å². The first kappa shape index (κ1) is 13.1. The van der Waals surface area contributed by atoms with E-state index in [-0.39, 0.29) is 12.2 Å². The maximum absolute atomic E-state index is 12.1. The molecule has 0 aliphatic carbocycles. The molecule has 0 fully saturated rings. The lowest BCUT2D eigenvalue weighted by atomic mass is 10.2. The Hall–Kier alpha value is -1.36. The van der Waals surface area contributed by atoms with Crippen molar-refractivity contribution in [2.24, 2.45) is 7.05 Å². The minimum atomic E-state index is -0.0293. The summed E-state index contributed by atoms with van der Waals surface area (Å²) in [6.07, 6.45) is 1.08. The molecule has 0 atom stereocenters. The zero-order valence-electron chi connectivity index (χ0n) is 10.7. The van der Waals surface area contributed by atoms with E-state index < -0.39 is 0 Å². The van der Waals surface area contributed by atoms with Crippen LogP contribution in [0.3, 0.4) is 0 Å². The van der Waals surface area contributed by atoms with Crippen LogP contribution < -0.4 is 0 Å². The Kier molecular flexibility index (Phi) is 3.71. The molecule has 0 aromatic carbocycles. The van der Waals surface area contributed by atoms with E-state index in [9.17, 15) is 4.79 Å². The minimum absolute atomic E-state index is 0.0293. The number of rotatable bonds is 4. The highest BCUT2D eigenvalue weighted by atomic mass is 79.9. The van der Waals surface area contributed by atoms with Crippen LogP contribution in [0.2, 0.25) is 0 Å². The third-order valence-electron chi connectivity index (χ3n) is 2.87. The lowest BCUT2D eigenvalue weighted by molar-refractivity contribution is 0.0962. The van der Waals surface area contributed by atoms with Crippen molar-refractivity contribution in [2.75, 3.05) is 0 Å². The van der Waals surface area contributed by atoms with Crippen molar-refractivity contribution in [3.05, 3.63) is 39.5 Å². The number of Topliss-reactive ketones (excluding diaryl/α,β-unsaturated/α-hetero) is 1. The van der Waals surface area contributed by atoms with Gasteiger partial charge in [-0.05, 0) is 35.0 Å². The van der Waals surface area contributed by atoms with E-state index in [0.29, 0.717) is 5.76 Å². The van der Waals surface area contributed by atoms with Gasteiger partial charge >= 0.3 is 0 Å². The van der Waals surface area contributed by atoms with Crippen molar-refractivity contribution in [3.63, 3.8) is 0 Å². The number of carbonyl (C=O) groups is 1. The summed E-state index contributed by atoms with van der Waals surface area (Å²) in [5.74, 6) is 1.22. The molecule has 5 heteroatoms. The molecule has 4 nitrogen and oxygen atoms in total. The Morgan fingerprint density at radius 2 is 2.22 bits per heavy atom. The summed E-state index contributed by atoms with van der Waals surface area (Å²) >= 11 is 3.45. The summed E-state index contributed by atoms with van der Waals surface area (Å²) in [4.78, 5) is 12.1. The van der Waals surface area contributed by atoms with Crippen molar-refractivity contribution in [1.29, 1.82) is 0 Å². The van der Waals surface area contributed by atoms with Gasteiger partial charge in [-0.1, -0.05) is 6.92 Å². The summed E-state index contributed by atoms with van der Waals surface area (Å²) in [5.41, 5.74) is 1.75. The maximum Gasteiger partial charge on any atom is 0.203 e. The molecule has 2 aromatic rings. The number of hydrogen-bond acceptors (Lipinski definition) is 3. The lowest BCUT2D eigenvalue weighted by Gasteiger charge is -2.00. The molecule has 0 aliphatic rings. The first-order valence-electron chi connectivity index (χ1n) is 5.82. The Morgan fingerprint density at radius 3 is 2.72 bits per heavy atom. The van der Waals surface area contributed by atoms with Crippen molar-refractivity contribution in [2.45, 2.75) is 26.7 Å². The van der Waals surface area contributed by atoms with Crippen LogP contribution in [0, 0.1) is 6.92 Å². The quantitative estimate of drug-likeness (QED) is 0.815. The second kappa shape index (κ2) is 5.10. The molecule has 0 saturated heterocycles. The molecule has 2 rings (SSSR count). The van der Waals surface area contributed by atoms with Gasteiger partial charge in [0, 0.05) is 13.5 Å². The Bertz CT molecular complexity index is 584. The van der Waals surface area contributed by atoms with Crippen LogP contribution in [-0.4, -0.2) is 15.6 Å². The highest BCUT2D eigenvalue weighted by Crippen LogP contribution is 2.22. The van der Waals surface area contributed by atoms with Crippen LogP contribution in [0.5, 0.6) is 0 Å². The zero-order valence-corrected chi connectivity index (χ0v) is 12.2. The average Bonchev–Trinajstić information content (AvgIpc) is 2.90. The van der Waals surface area contributed by atoms with E-state index in [1.54, 1.807) is 10.7 Å². The van der Waals surface area contributed by atoms with Gasteiger partial charge in [0.2, 0.25) is 5.78 Å². The van der Waals surface area contributed by atoms with Crippen LogP contribution >= 0.6 is 15.9 Å². The number of halogens is 1. The highest BCUT2D eigenvalue weighted by Gasteiger charge is 2.17. The number of hydrogen-bond donors (Lipinski definition) is 0. The summed E-state index contributed by atoms with van der Waals surface area (Å²) in [5, 5.41) is 4.27. The van der Waals surface area contributed by atoms with E-state index >= 15 is 0 Å². The van der Waals surface area contributed by atoms with Gasteiger partial charge in [-0.15, -0.1) is 0 Å². The monoisotopic (exact) mass is 310 g/mol. The fourth-order valence-corrected chi connectivity index (χ4v) is 2.31. The number of aromatic nitrogens is 2. The predicted molar refractivity (Wildman–Crippen MR) is 71.8 cm³/mol. The second-order valence-electron chi connectivity index (χ2n) is 4.19. The van der Waals surface area contributed by atoms with Gasteiger partial charge < -0.3 is 4.42 Å². The molecule has 96 valence electrons. The van der Waals surface area contributed by atoms with Crippen molar-refractivity contribution in [3.8, 4) is 0 Å². The van der Waals surface area contributed by atoms with Crippen molar-refractivity contribution >= 4 is 21.7 Å². The summed E-state index contributed by atoms with van der Waals surface area (Å²) in [6.45, 7) is 3.90. The molecule has 2 aromatic heterocycles. The molecule has 0 unspecified atom stereocenters. The van der Waals surface area contributed by atoms with Crippen LogP contribution in [0.25, 0.3) is 0 Å². The van der Waals surface area contributed by atoms with Crippen LogP contribution in [0.1, 0.15) is 34.6 Å². The number of aryl methyl sites for hydroxylation is 3. The normalized spacial score (nSPS) is 10.9. The molecule has 2 heterocycles. The van der Waals surface area contributed by atoms with Gasteiger partial charge in [-0.3, -0.25) is 9.48 Å². The first-order chi connectivity index (χ1) is 8.52. The largest absolute Gasteiger partial charge is 0.458 e. The Morgan fingerprint density at radius 1 is 1.50 bits per heavy atom. The second-order valence-corrected chi connectivity index (χ2v) is 4.98. The average molecular weight is 311 g/mol. The molecule has 0 aliphatic heterocycles. The van der Waals surface area contributed by atoms with Gasteiger partial charge in [0.25, 0.3) is 0 Å². The molecule has 0 N–H and O–H groups in total. The molecule has 0 spiro atoms. The smallest absolute Gasteiger partial charge is 0.203 e. The molecule has 0 radical (unpaired) electrons. The van der Waals surface area contributed by atoms with Gasteiger partial charge in [0.1, 0.15) is 5.76 Å². The maximum atomic E-state index is 12.1. The fraction of sp³-hybridized carbons (Fsp3) is 0.385. The standard InChI is InChI=1S/C13H15BrN2O2/c1-4-9-5-6-12(18-9)11(17)7-10-13(14)8(2)15-16(10)3/h5-6H,4,7H2,1-3H3. The van der Waals surface area contributed by atoms with Crippen LogP contribution in [-0.2, 0) is 19.9 Å². The summed E-state index contributed by atoms with van der Waals surface area (Å²) in [7, 11) is 1.83. The van der Waals surface area contributed by atoms with E-state index in [1.807, 2.05) is 27.0 Å². The minimum Gasteiger partial charge on any atom is -0.458 e. The number of nitrogens with zero attached hydrogens (tertiary/aromatic N) is 2. The van der Waals surface area contributed by atoms with E-state index in [2.05, 4.69) is 21.0 Å². The third-order valence-corrected chi connectivity index (χ3v) is 3.91. The van der Waals surface area contributed by atoms with Crippen LogP contribution in [0.4, 0.5) is 0 Å². The van der Waals surface area contributed by atoms with Crippen LogP contribution in [0.15, 0.2) is 21.0 Å². The summed E-state index contributed by atoms with van der Waals surface area (Å²) in [6, 6.07) is 3.58. The predicted octanol–water partition coefficient (Wildman–Crippen LogP) is 3.07. The van der Waals surface area contributed by atoms with Gasteiger partial charge in [0.15, 0.2) is 5.76 Å². The Balaban J connectivity index is 2.21. The van der Waals surface area contributed by atoms with Gasteiger partial charge in [-0.2, -0.15) is 5.10 Å².